The molecular formula is C32H38ClN3O. The second kappa shape index (κ2) is 12.6. The maximum Gasteiger partial charge on any atom is 0.329 e. The van der Waals surface area contributed by atoms with Crippen LogP contribution in [0.3, 0.4) is 0 Å². The summed E-state index contributed by atoms with van der Waals surface area (Å²) in [4.78, 5) is 16.2. The van der Waals surface area contributed by atoms with E-state index in [1.807, 2.05) is 27.3 Å². The van der Waals surface area contributed by atoms with Crippen molar-refractivity contribution in [2.45, 2.75) is 64.0 Å². The van der Waals surface area contributed by atoms with Crippen molar-refractivity contribution < 1.29 is 0 Å². The second-order valence-corrected chi connectivity index (χ2v) is 10.8. The number of hydrogen-bond acceptors (Lipinski definition) is 2. The molecule has 0 spiro atoms. The molecular weight excluding hydrogens is 478 g/mol. The third-order valence-electron chi connectivity index (χ3n) is 7.82. The zero-order chi connectivity index (χ0) is 25.5. The van der Waals surface area contributed by atoms with Crippen LogP contribution in [-0.2, 0) is 19.4 Å². The first-order chi connectivity index (χ1) is 18.2. The van der Waals surface area contributed by atoms with Crippen molar-refractivity contribution in [3.63, 3.8) is 0 Å². The lowest BCUT2D eigenvalue weighted by Gasteiger charge is -2.32. The Kier molecular flexibility index (Phi) is 8.80. The smallest absolute Gasteiger partial charge is 0.303 e. The summed E-state index contributed by atoms with van der Waals surface area (Å²) in [6.07, 6.45) is 8.72. The van der Waals surface area contributed by atoms with E-state index >= 15 is 0 Å². The molecule has 0 amide bonds. The van der Waals surface area contributed by atoms with Crippen LogP contribution in [0.2, 0.25) is 5.02 Å². The van der Waals surface area contributed by atoms with Crippen molar-refractivity contribution in [2.75, 3.05) is 19.6 Å². The van der Waals surface area contributed by atoms with Crippen LogP contribution in [0.25, 0.3) is 11.0 Å². The van der Waals surface area contributed by atoms with Gasteiger partial charge in [-0.05, 0) is 87.2 Å². The number of halogens is 1. The molecule has 0 aliphatic carbocycles. The van der Waals surface area contributed by atoms with Crippen molar-refractivity contribution in [3.05, 3.63) is 105 Å². The summed E-state index contributed by atoms with van der Waals surface area (Å²) in [5, 5.41) is 0.693. The van der Waals surface area contributed by atoms with Gasteiger partial charge in [0, 0.05) is 30.7 Å². The average Bonchev–Trinajstić information content (AvgIpc) is 3.20. The summed E-state index contributed by atoms with van der Waals surface area (Å²) in [7, 11) is 0. The topological polar surface area (TPSA) is 30.2 Å². The van der Waals surface area contributed by atoms with E-state index in [2.05, 4.69) is 65.6 Å². The fourth-order valence-electron chi connectivity index (χ4n) is 5.78. The molecule has 1 saturated heterocycles. The summed E-state index contributed by atoms with van der Waals surface area (Å²) in [5.74, 6) is 0. The molecule has 0 N–H and O–H groups in total. The van der Waals surface area contributed by atoms with Crippen molar-refractivity contribution in [1.29, 1.82) is 0 Å². The number of likely N-dealkylation sites (tertiary alicyclic amines) is 1. The highest BCUT2D eigenvalue weighted by atomic mass is 35.5. The maximum atomic E-state index is 13.7. The van der Waals surface area contributed by atoms with Crippen LogP contribution in [0.5, 0.6) is 0 Å². The van der Waals surface area contributed by atoms with E-state index in [0.29, 0.717) is 5.02 Å². The second-order valence-electron chi connectivity index (χ2n) is 10.4. The summed E-state index contributed by atoms with van der Waals surface area (Å²) >= 11 is 6.39. The van der Waals surface area contributed by atoms with Gasteiger partial charge in [0.1, 0.15) is 0 Å². The third kappa shape index (κ3) is 6.55. The summed E-state index contributed by atoms with van der Waals surface area (Å²) in [6.45, 7) is 3.99. The molecule has 0 unspecified atom stereocenters. The number of benzene rings is 3. The van der Waals surface area contributed by atoms with Gasteiger partial charge in [0.15, 0.2) is 0 Å². The van der Waals surface area contributed by atoms with Crippen LogP contribution >= 0.6 is 11.6 Å². The van der Waals surface area contributed by atoms with Gasteiger partial charge < -0.3 is 4.90 Å². The van der Waals surface area contributed by atoms with Gasteiger partial charge in [-0.15, -0.1) is 0 Å². The molecule has 0 atom stereocenters. The molecule has 37 heavy (non-hydrogen) atoms. The monoisotopic (exact) mass is 515 g/mol. The molecule has 1 aromatic heterocycles. The Morgan fingerprint density at radius 1 is 0.703 bits per heavy atom. The molecule has 0 saturated carbocycles. The Morgan fingerprint density at radius 3 is 1.92 bits per heavy atom. The van der Waals surface area contributed by atoms with Gasteiger partial charge >= 0.3 is 5.69 Å². The Morgan fingerprint density at radius 2 is 1.30 bits per heavy atom. The summed E-state index contributed by atoms with van der Waals surface area (Å²) in [5.41, 5.74) is 4.91. The molecule has 1 aliphatic rings. The van der Waals surface area contributed by atoms with E-state index in [9.17, 15) is 4.79 Å². The predicted octanol–water partition coefficient (Wildman–Crippen LogP) is 7.14. The number of fused-ring (bicyclic) bond motifs is 1. The molecule has 5 rings (SSSR count). The Hall–Kier alpha value is -2.82. The lowest BCUT2D eigenvalue weighted by molar-refractivity contribution is 0.183. The van der Waals surface area contributed by atoms with Crippen molar-refractivity contribution in [2.24, 2.45) is 0 Å². The number of hydrogen-bond donors (Lipinski definition) is 0. The number of imidazole rings is 1. The van der Waals surface area contributed by atoms with Crippen LogP contribution < -0.4 is 5.69 Å². The molecule has 1 fully saturated rings. The fraction of sp³-hybridized carbons (Fsp3) is 0.406. The zero-order valence-electron chi connectivity index (χ0n) is 21.7. The number of piperidine rings is 1. The van der Waals surface area contributed by atoms with Crippen LogP contribution in [0.4, 0.5) is 0 Å². The van der Waals surface area contributed by atoms with Crippen LogP contribution in [0, 0.1) is 0 Å². The molecule has 5 heteroatoms. The van der Waals surface area contributed by atoms with E-state index < -0.39 is 0 Å². The molecule has 0 bridgehead atoms. The number of unbranched alkanes of at least 4 members (excludes halogenated alkanes) is 2. The number of nitrogens with zero attached hydrogens (tertiary/aromatic N) is 3. The van der Waals surface area contributed by atoms with E-state index in [-0.39, 0.29) is 11.7 Å². The molecule has 4 aromatic rings. The minimum absolute atomic E-state index is 0.123. The number of aromatic nitrogens is 2. The highest BCUT2D eigenvalue weighted by Crippen LogP contribution is 2.28. The highest BCUT2D eigenvalue weighted by molar-refractivity contribution is 6.31. The van der Waals surface area contributed by atoms with E-state index in [0.717, 1.165) is 75.7 Å². The molecule has 1 aliphatic heterocycles. The van der Waals surface area contributed by atoms with E-state index in [1.54, 1.807) is 0 Å². The maximum absolute atomic E-state index is 13.7. The van der Waals surface area contributed by atoms with Crippen LogP contribution in [0.1, 0.15) is 55.7 Å². The fourth-order valence-corrected chi connectivity index (χ4v) is 5.94. The minimum Gasteiger partial charge on any atom is -0.303 e. The van der Waals surface area contributed by atoms with Gasteiger partial charge in [-0.1, -0.05) is 72.3 Å². The van der Waals surface area contributed by atoms with Gasteiger partial charge in [-0.2, -0.15) is 0 Å². The molecule has 2 heterocycles. The Labute approximate surface area is 225 Å². The van der Waals surface area contributed by atoms with Crippen molar-refractivity contribution in [3.8, 4) is 0 Å². The first-order valence-electron chi connectivity index (χ1n) is 13.9. The lowest BCUT2D eigenvalue weighted by atomic mass is 10.0. The van der Waals surface area contributed by atoms with Gasteiger partial charge in [-0.3, -0.25) is 9.13 Å². The number of rotatable bonds is 11. The van der Waals surface area contributed by atoms with Gasteiger partial charge in [-0.25, -0.2) is 4.79 Å². The number of aryl methyl sites for hydroxylation is 3. The van der Waals surface area contributed by atoms with E-state index in [4.69, 9.17) is 11.6 Å². The van der Waals surface area contributed by atoms with Gasteiger partial charge in [0.05, 0.1) is 11.0 Å². The Bertz CT molecular complexity index is 1320. The highest BCUT2D eigenvalue weighted by Gasteiger charge is 2.25. The summed E-state index contributed by atoms with van der Waals surface area (Å²) in [6, 6.07) is 27.5. The van der Waals surface area contributed by atoms with Gasteiger partial charge in [0.2, 0.25) is 0 Å². The zero-order valence-corrected chi connectivity index (χ0v) is 22.5. The normalized spacial score (nSPS) is 14.9. The Balaban J connectivity index is 1.19. The molecule has 0 radical (unpaired) electrons. The van der Waals surface area contributed by atoms with Crippen LogP contribution in [-0.4, -0.2) is 33.7 Å². The lowest BCUT2D eigenvalue weighted by Crippen LogP contribution is -2.38. The van der Waals surface area contributed by atoms with Crippen LogP contribution in [0.15, 0.2) is 83.7 Å². The van der Waals surface area contributed by atoms with Crippen molar-refractivity contribution >= 4 is 22.6 Å². The first kappa shape index (κ1) is 25.8. The molecule has 4 nitrogen and oxygen atoms in total. The standard InChI is InChI=1S/C32H38ClN3O/c33-28-17-18-30-31(25-28)36(32(37)35(30)22-10-8-16-27-13-5-2-6-14-27)29-19-23-34(24-20-29)21-9-7-15-26-11-3-1-4-12-26/h1-6,11-14,17-18,25,29H,7-10,15-16,19-24H2. The predicted molar refractivity (Wildman–Crippen MR) is 155 cm³/mol. The minimum atomic E-state index is 0.123. The quantitative estimate of drug-likeness (QED) is 0.199. The molecule has 194 valence electrons. The first-order valence-corrected chi connectivity index (χ1v) is 14.3. The third-order valence-corrected chi connectivity index (χ3v) is 8.05. The molecule has 3 aromatic carbocycles. The SMILES string of the molecule is O=c1n(CCCCc2ccccc2)c2ccc(Cl)cc2n1C1CCN(CCCCc2ccccc2)CC1. The summed E-state index contributed by atoms with van der Waals surface area (Å²) < 4.78 is 4.03. The van der Waals surface area contributed by atoms with Gasteiger partial charge in [0.25, 0.3) is 0 Å². The van der Waals surface area contributed by atoms with Crippen molar-refractivity contribution in [1.82, 2.24) is 14.0 Å². The average molecular weight is 516 g/mol. The largest absolute Gasteiger partial charge is 0.329 e. The van der Waals surface area contributed by atoms with E-state index in [1.165, 1.54) is 24.0 Å².